The van der Waals surface area contributed by atoms with Crippen molar-refractivity contribution in [3.8, 4) is 0 Å². The molecule has 0 aliphatic heterocycles. The van der Waals surface area contributed by atoms with Gasteiger partial charge in [0.25, 0.3) is 5.91 Å². The standard InChI is InChI=1S/C19H20ClN3O3S/c1-11-7-12(2)9-14(8-11)27(25,26)18-15-10-13(20)3-4-16(15)23-17(18)19(24)22-6-5-21/h3-4,7-10,23H,5-6,21H2,1-2H3,(H,22,24). The minimum absolute atomic E-state index is 0.0279. The van der Waals surface area contributed by atoms with Gasteiger partial charge in [-0.15, -0.1) is 0 Å². The lowest BCUT2D eigenvalue weighted by Crippen LogP contribution is -2.30. The summed E-state index contributed by atoms with van der Waals surface area (Å²) in [5.41, 5.74) is 7.56. The Morgan fingerprint density at radius 3 is 2.44 bits per heavy atom. The Morgan fingerprint density at radius 1 is 1.15 bits per heavy atom. The SMILES string of the molecule is Cc1cc(C)cc(S(=O)(=O)c2c(C(=O)NCCN)[nH]c3ccc(Cl)cc23)c1. The third-order valence-corrected chi connectivity index (χ3v) is 6.20. The smallest absolute Gasteiger partial charge is 0.269 e. The van der Waals surface area contributed by atoms with Crippen LogP contribution in [-0.4, -0.2) is 32.4 Å². The van der Waals surface area contributed by atoms with Gasteiger partial charge in [-0.2, -0.15) is 0 Å². The zero-order chi connectivity index (χ0) is 19.8. The van der Waals surface area contributed by atoms with Gasteiger partial charge in [0.2, 0.25) is 9.84 Å². The molecule has 3 aromatic rings. The number of halogens is 1. The summed E-state index contributed by atoms with van der Waals surface area (Å²) in [5, 5.41) is 3.37. The van der Waals surface area contributed by atoms with Gasteiger partial charge in [-0.25, -0.2) is 8.42 Å². The fourth-order valence-electron chi connectivity index (χ4n) is 3.06. The third-order valence-electron chi connectivity index (χ3n) is 4.14. The van der Waals surface area contributed by atoms with Crippen molar-refractivity contribution >= 4 is 38.2 Å². The average molecular weight is 406 g/mol. The van der Waals surface area contributed by atoms with Crippen LogP contribution in [0.3, 0.4) is 0 Å². The summed E-state index contributed by atoms with van der Waals surface area (Å²) >= 11 is 6.08. The van der Waals surface area contributed by atoms with Crippen molar-refractivity contribution in [2.75, 3.05) is 13.1 Å². The highest BCUT2D eigenvalue weighted by Crippen LogP contribution is 2.34. The monoisotopic (exact) mass is 405 g/mol. The van der Waals surface area contributed by atoms with Crippen molar-refractivity contribution in [1.29, 1.82) is 0 Å². The molecular formula is C19H20ClN3O3S. The van der Waals surface area contributed by atoms with E-state index in [0.717, 1.165) is 11.1 Å². The van der Waals surface area contributed by atoms with Gasteiger partial charge in [0, 0.05) is 29.0 Å². The predicted octanol–water partition coefficient (Wildman–Crippen LogP) is 2.96. The molecule has 0 saturated heterocycles. The Labute approximate surface area is 162 Å². The van der Waals surface area contributed by atoms with E-state index in [9.17, 15) is 13.2 Å². The summed E-state index contributed by atoms with van der Waals surface area (Å²) in [5.74, 6) is -0.532. The van der Waals surface area contributed by atoms with Crippen molar-refractivity contribution in [2.45, 2.75) is 23.6 Å². The number of hydrogen-bond donors (Lipinski definition) is 3. The van der Waals surface area contributed by atoms with Crippen molar-refractivity contribution in [3.05, 3.63) is 58.2 Å². The number of hydrogen-bond acceptors (Lipinski definition) is 4. The summed E-state index contributed by atoms with van der Waals surface area (Å²) in [7, 11) is -3.97. The molecule has 142 valence electrons. The Morgan fingerprint density at radius 2 is 1.81 bits per heavy atom. The Kier molecular flexibility index (Phi) is 5.28. The van der Waals surface area contributed by atoms with Gasteiger partial charge in [-0.3, -0.25) is 4.79 Å². The number of aromatic nitrogens is 1. The van der Waals surface area contributed by atoms with E-state index in [4.69, 9.17) is 17.3 Å². The molecule has 27 heavy (non-hydrogen) atoms. The van der Waals surface area contributed by atoms with E-state index in [-0.39, 0.29) is 28.6 Å². The summed E-state index contributed by atoms with van der Waals surface area (Å²) in [6.07, 6.45) is 0. The lowest BCUT2D eigenvalue weighted by Gasteiger charge is -2.09. The number of nitrogens with one attached hydrogen (secondary N) is 2. The number of sulfone groups is 1. The molecule has 1 aromatic heterocycles. The van der Waals surface area contributed by atoms with E-state index in [0.29, 0.717) is 15.9 Å². The van der Waals surface area contributed by atoms with E-state index in [2.05, 4.69) is 10.3 Å². The van der Waals surface area contributed by atoms with Crippen LogP contribution in [0, 0.1) is 13.8 Å². The number of amides is 1. The largest absolute Gasteiger partial charge is 0.349 e. The second-order valence-electron chi connectivity index (χ2n) is 6.39. The molecule has 6 nitrogen and oxygen atoms in total. The van der Waals surface area contributed by atoms with Crippen LogP contribution < -0.4 is 11.1 Å². The van der Waals surface area contributed by atoms with Gasteiger partial charge in [-0.05, 0) is 55.3 Å². The highest BCUT2D eigenvalue weighted by Gasteiger charge is 2.30. The van der Waals surface area contributed by atoms with Crippen LogP contribution in [0.25, 0.3) is 10.9 Å². The first-order chi connectivity index (χ1) is 12.7. The Balaban J connectivity index is 2.30. The van der Waals surface area contributed by atoms with Crippen molar-refractivity contribution in [2.24, 2.45) is 5.73 Å². The molecule has 1 heterocycles. The molecule has 3 rings (SSSR count). The van der Waals surface area contributed by atoms with Crippen molar-refractivity contribution in [3.63, 3.8) is 0 Å². The first-order valence-electron chi connectivity index (χ1n) is 8.37. The lowest BCUT2D eigenvalue weighted by molar-refractivity contribution is 0.0947. The zero-order valence-electron chi connectivity index (χ0n) is 15.0. The minimum Gasteiger partial charge on any atom is -0.349 e. The number of benzene rings is 2. The molecule has 2 aromatic carbocycles. The average Bonchev–Trinajstić information content (AvgIpc) is 2.98. The van der Waals surface area contributed by atoms with Gasteiger partial charge in [0.05, 0.1) is 4.90 Å². The van der Waals surface area contributed by atoms with E-state index >= 15 is 0 Å². The van der Waals surface area contributed by atoms with Crippen LogP contribution in [-0.2, 0) is 9.84 Å². The summed E-state index contributed by atoms with van der Waals surface area (Å²) in [6.45, 7) is 4.13. The second-order valence-corrected chi connectivity index (χ2v) is 8.71. The van der Waals surface area contributed by atoms with Gasteiger partial charge in [-0.1, -0.05) is 17.7 Å². The number of carbonyl (C=O) groups is 1. The van der Waals surface area contributed by atoms with Crippen LogP contribution in [0.4, 0.5) is 0 Å². The fraction of sp³-hybridized carbons (Fsp3) is 0.211. The zero-order valence-corrected chi connectivity index (χ0v) is 16.5. The molecule has 0 fully saturated rings. The van der Waals surface area contributed by atoms with Crippen LogP contribution >= 0.6 is 11.6 Å². The molecule has 8 heteroatoms. The van der Waals surface area contributed by atoms with Crippen LogP contribution in [0.2, 0.25) is 5.02 Å². The van der Waals surface area contributed by atoms with Gasteiger partial charge in [0.15, 0.2) is 0 Å². The molecule has 0 spiro atoms. The maximum Gasteiger partial charge on any atom is 0.269 e. The highest BCUT2D eigenvalue weighted by molar-refractivity contribution is 7.91. The second kappa shape index (κ2) is 7.34. The first-order valence-corrected chi connectivity index (χ1v) is 10.2. The van der Waals surface area contributed by atoms with Gasteiger partial charge >= 0.3 is 0 Å². The molecule has 0 aliphatic rings. The molecule has 0 aliphatic carbocycles. The highest BCUT2D eigenvalue weighted by atomic mass is 35.5. The molecule has 0 unspecified atom stereocenters. The lowest BCUT2D eigenvalue weighted by atomic mass is 10.2. The Bertz CT molecular complexity index is 1120. The van der Waals surface area contributed by atoms with E-state index < -0.39 is 15.7 Å². The summed E-state index contributed by atoms with van der Waals surface area (Å²) in [6, 6.07) is 9.90. The van der Waals surface area contributed by atoms with Crippen molar-refractivity contribution < 1.29 is 13.2 Å². The van der Waals surface area contributed by atoms with Crippen LogP contribution in [0.5, 0.6) is 0 Å². The number of H-pyrrole nitrogens is 1. The molecule has 0 saturated carbocycles. The molecule has 0 bridgehead atoms. The first kappa shape index (κ1) is 19.4. The quantitative estimate of drug-likeness (QED) is 0.606. The van der Waals surface area contributed by atoms with E-state index in [1.165, 1.54) is 0 Å². The normalized spacial score (nSPS) is 11.7. The van der Waals surface area contributed by atoms with E-state index in [1.807, 2.05) is 19.9 Å². The van der Waals surface area contributed by atoms with Gasteiger partial charge < -0.3 is 16.0 Å². The summed E-state index contributed by atoms with van der Waals surface area (Å²) in [4.78, 5) is 15.6. The fourth-order valence-corrected chi connectivity index (χ4v) is 5.02. The van der Waals surface area contributed by atoms with E-state index in [1.54, 1.807) is 30.3 Å². The maximum absolute atomic E-state index is 13.5. The predicted molar refractivity (Wildman–Crippen MR) is 106 cm³/mol. The number of aromatic amines is 1. The van der Waals surface area contributed by atoms with Crippen LogP contribution in [0.1, 0.15) is 21.6 Å². The third kappa shape index (κ3) is 3.71. The van der Waals surface area contributed by atoms with Crippen LogP contribution in [0.15, 0.2) is 46.2 Å². The molecule has 1 amide bonds. The molecular weight excluding hydrogens is 386 g/mol. The van der Waals surface area contributed by atoms with Gasteiger partial charge in [0.1, 0.15) is 10.6 Å². The van der Waals surface area contributed by atoms with Crippen molar-refractivity contribution in [1.82, 2.24) is 10.3 Å². The number of aryl methyl sites for hydroxylation is 2. The summed E-state index contributed by atoms with van der Waals surface area (Å²) < 4.78 is 26.9. The number of fused-ring (bicyclic) bond motifs is 1. The number of carbonyl (C=O) groups excluding carboxylic acids is 1. The molecule has 4 N–H and O–H groups in total. The molecule has 0 radical (unpaired) electrons. The minimum atomic E-state index is -3.97. The number of rotatable bonds is 5. The topological polar surface area (TPSA) is 105 Å². The molecule has 0 atom stereocenters. The Hall–Kier alpha value is -2.35. The number of nitrogens with two attached hydrogens (primary N) is 1. The maximum atomic E-state index is 13.5.